The summed E-state index contributed by atoms with van der Waals surface area (Å²) in [5.74, 6) is -0.939. The molecule has 17 heavy (non-hydrogen) atoms. The van der Waals surface area contributed by atoms with Gasteiger partial charge in [0.05, 0.1) is 5.25 Å². The predicted octanol–water partition coefficient (Wildman–Crippen LogP) is -0.709. The highest BCUT2D eigenvalue weighted by Crippen LogP contribution is 2.05. The zero-order valence-corrected chi connectivity index (χ0v) is 11.3. The smallest absolute Gasteiger partial charge is 0.235 e. The molecule has 102 valence electrons. The number of sulfone groups is 1. The largest absolute Gasteiger partial charge is 0.385 e. The molecule has 0 radical (unpaired) electrons. The molecule has 0 fully saturated rings. The fourth-order valence-electron chi connectivity index (χ4n) is 1.23. The standard InChI is InChI=1S/C10H22N2O4S/c1-9(4-5-11)17(14,15)8-10(13)12-6-3-7-16-2/h9H,3-8,11H2,1-2H3,(H,12,13). The molecule has 0 rings (SSSR count). The second-order valence-electron chi connectivity index (χ2n) is 3.89. The summed E-state index contributed by atoms with van der Waals surface area (Å²) in [6.45, 7) is 2.83. The van der Waals surface area contributed by atoms with Crippen LogP contribution in [0.25, 0.3) is 0 Å². The third-order valence-corrected chi connectivity index (χ3v) is 4.49. The van der Waals surface area contributed by atoms with Crippen LogP contribution in [0.3, 0.4) is 0 Å². The number of methoxy groups -OCH3 is 1. The van der Waals surface area contributed by atoms with E-state index < -0.39 is 26.7 Å². The number of amides is 1. The number of hydrogen-bond donors (Lipinski definition) is 2. The molecule has 3 N–H and O–H groups in total. The highest BCUT2D eigenvalue weighted by molar-refractivity contribution is 7.92. The number of carbonyl (C=O) groups is 1. The quantitative estimate of drug-likeness (QED) is 0.537. The van der Waals surface area contributed by atoms with Gasteiger partial charge in [-0.25, -0.2) is 8.42 Å². The van der Waals surface area contributed by atoms with E-state index in [0.717, 1.165) is 0 Å². The van der Waals surface area contributed by atoms with Crippen molar-refractivity contribution in [2.75, 3.05) is 32.6 Å². The van der Waals surface area contributed by atoms with Crippen LogP contribution < -0.4 is 11.1 Å². The Morgan fingerprint density at radius 3 is 2.65 bits per heavy atom. The van der Waals surface area contributed by atoms with Crippen LogP contribution in [-0.4, -0.2) is 52.1 Å². The predicted molar refractivity (Wildman–Crippen MR) is 66.4 cm³/mol. The maximum absolute atomic E-state index is 11.7. The number of carbonyl (C=O) groups excluding carboxylic acids is 1. The lowest BCUT2D eigenvalue weighted by Crippen LogP contribution is -2.35. The Morgan fingerprint density at radius 1 is 1.47 bits per heavy atom. The molecule has 0 aromatic carbocycles. The lowest BCUT2D eigenvalue weighted by molar-refractivity contribution is -0.118. The summed E-state index contributed by atoms with van der Waals surface area (Å²) in [5.41, 5.74) is 5.29. The molecule has 6 nitrogen and oxygen atoms in total. The monoisotopic (exact) mass is 266 g/mol. The lowest BCUT2D eigenvalue weighted by Gasteiger charge is -2.11. The zero-order valence-electron chi connectivity index (χ0n) is 10.4. The molecule has 0 aliphatic rings. The van der Waals surface area contributed by atoms with E-state index in [1.165, 1.54) is 0 Å². The Hall–Kier alpha value is -0.660. The van der Waals surface area contributed by atoms with E-state index in [1.54, 1.807) is 14.0 Å². The van der Waals surface area contributed by atoms with Crippen molar-refractivity contribution in [3.05, 3.63) is 0 Å². The summed E-state index contributed by atoms with van der Waals surface area (Å²) in [6, 6.07) is 0. The summed E-state index contributed by atoms with van der Waals surface area (Å²) >= 11 is 0. The summed E-state index contributed by atoms with van der Waals surface area (Å²) < 4.78 is 28.2. The first-order chi connectivity index (χ1) is 7.94. The van der Waals surface area contributed by atoms with E-state index in [2.05, 4.69) is 5.32 Å². The molecule has 0 aromatic heterocycles. The van der Waals surface area contributed by atoms with E-state index >= 15 is 0 Å². The zero-order chi connectivity index (χ0) is 13.3. The maximum atomic E-state index is 11.7. The van der Waals surface area contributed by atoms with Gasteiger partial charge in [-0.1, -0.05) is 0 Å². The van der Waals surface area contributed by atoms with Crippen molar-refractivity contribution in [3.8, 4) is 0 Å². The van der Waals surface area contributed by atoms with E-state index in [0.29, 0.717) is 32.5 Å². The normalized spacial score (nSPS) is 13.4. The molecule has 0 aliphatic carbocycles. The third-order valence-electron chi connectivity index (χ3n) is 2.37. The molecule has 0 spiro atoms. The van der Waals surface area contributed by atoms with Crippen molar-refractivity contribution in [2.45, 2.75) is 25.0 Å². The summed E-state index contributed by atoms with van der Waals surface area (Å²) in [6.07, 6.45) is 1.04. The number of nitrogens with one attached hydrogen (secondary N) is 1. The summed E-state index contributed by atoms with van der Waals surface area (Å²) in [4.78, 5) is 11.4. The van der Waals surface area contributed by atoms with Gasteiger partial charge in [0.15, 0.2) is 9.84 Å². The van der Waals surface area contributed by atoms with Crippen LogP contribution >= 0.6 is 0 Å². The van der Waals surface area contributed by atoms with Crippen LogP contribution in [0, 0.1) is 0 Å². The average Bonchev–Trinajstić information content (AvgIpc) is 2.24. The van der Waals surface area contributed by atoms with Gasteiger partial charge < -0.3 is 15.8 Å². The van der Waals surface area contributed by atoms with Crippen LogP contribution in [-0.2, 0) is 19.4 Å². The van der Waals surface area contributed by atoms with Crippen molar-refractivity contribution >= 4 is 15.7 Å². The molecule has 1 amide bonds. The van der Waals surface area contributed by atoms with Crippen LogP contribution in [0.2, 0.25) is 0 Å². The Bertz CT molecular complexity index is 316. The van der Waals surface area contributed by atoms with E-state index in [9.17, 15) is 13.2 Å². The molecule has 0 aromatic rings. The fraction of sp³-hybridized carbons (Fsp3) is 0.900. The molecule has 0 saturated heterocycles. The highest BCUT2D eigenvalue weighted by Gasteiger charge is 2.23. The van der Waals surface area contributed by atoms with Crippen molar-refractivity contribution in [1.29, 1.82) is 0 Å². The SMILES string of the molecule is COCCCNC(=O)CS(=O)(=O)C(C)CCN. The van der Waals surface area contributed by atoms with E-state index in [-0.39, 0.29) is 0 Å². The van der Waals surface area contributed by atoms with Crippen molar-refractivity contribution in [3.63, 3.8) is 0 Å². The molecule has 0 saturated carbocycles. The minimum Gasteiger partial charge on any atom is -0.385 e. The van der Waals surface area contributed by atoms with Gasteiger partial charge in [-0.05, 0) is 26.3 Å². The summed E-state index contributed by atoms with van der Waals surface area (Å²) in [7, 11) is -1.82. The Kier molecular flexibility index (Phi) is 8.11. The highest BCUT2D eigenvalue weighted by atomic mass is 32.2. The van der Waals surface area contributed by atoms with E-state index in [4.69, 9.17) is 10.5 Å². The first-order valence-electron chi connectivity index (χ1n) is 5.61. The number of rotatable bonds is 9. The van der Waals surface area contributed by atoms with Gasteiger partial charge in [0.25, 0.3) is 0 Å². The molecular formula is C10H22N2O4S. The van der Waals surface area contributed by atoms with Crippen LogP contribution in [0.4, 0.5) is 0 Å². The first-order valence-corrected chi connectivity index (χ1v) is 7.33. The first kappa shape index (κ1) is 16.3. The Morgan fingerprint density at radius 2 is 2.12 bits per heavy atom. The van der Waals surface area contributed by atoms with Gasteiger partial charge in [-0.15, -0.1) is 0 Å². The van der Waals surface area contributed by atoms with Gasteiger partial charge in [-0.3, -0.25) is 4.79 Å². The fourth-order valence-corrected chi connectivity index (χ4v) is 2.48. The van der Waals surface area contributed by atoms with Gasteiger partial charge in [0.1, 0.15) is 5.75 Å². The molecule has 1 atom stereocenters. The maximum Gasteiger partial charge on any atom is 0.235 e. The number of nitrogens with two attached hydrogens (primary N) is 1. The number of hydrogen-bond acceptors (Lipinski definition) is 5. The van der Waals surface area contributed by atoms with Crippen molar-refractivity contribution in [2.24, 2.45) is 5.73 Å². The second kappa shape index (κ2) is 8.43. The minimum atomic E-state index is -3.39. The van der Waals surface area contributed by atoms with Gasteiger partial charge in [0, 0.05) is 20.3 Å². The lowest BCUT2D eigenvalue weighted by atomic mass is 10.3. The molecule has 0 bridgehead atoms. The van der Waals surface area contributed by atoms with Crippen LogP contribution in [0.1, 0.15) is 19.8 Å². The van der Waals surface area contributed by atoms with Gasteiger partial charge in [0.2, 0.25) is 5.91 Å². The minimum absolute atomic E-state index is 0.301. The molecule has 0 heterocycles. The van der Waals surface area contributed by atoms with E-state index in [1.807, 2.05) is 0 Å². The second-order valence-corrected chi connectivity index (χ2v) is 6.31. The molecule has 1 unspecified atom stereocenters. The van der Waals surface area contributed by atoms with Crippen molar-refractivity contribution < 1.29 is 17.9 Å². The molecule has 7 heteroatoms. The number of ether oxygens (including phenoxy) is 1. The Labute approximate surface area is 103 Å². The van der Waals surface area contributed by atoms with Gasteiger partial charge >= 0.3 is 0 Å². The summed E-state index contributed by atoms with van der Waals surface area (Å²) in [5, 5.41) is 1.97. The molecular weight excluding hydrogens is 244 g/mol. The van der Waals surface area contributed by atoms with Crippen LogP contribution in [0.15, 0.2) is 0 Å². The topological polar surface area (TPSA) is 98.5 Å². The molecule has 0 aliphatic heterocycles. The van der Waals surface area contributed by atoms with Crippen LogP contribution in [0.5, 0.6) is 0 Å². The van der Waals surface area contributed by atoms with Crippen molar-refractivity contribution in [1.82, 2.24) is 5.32 Å². The van der Waals surface area contributed by atoms with Gasteiger partial charge in [-0.2, -0.15) is 0 Å². The third kappa shape index (κ3) is 7.30. The average molecular weight is 266 g/mol. The Balaban J connectivity index is 4.01.